The second-order valence-electron chi connectivity index (χ2n) is 4.38. The minimum absolute atomic E-state index is 0.0306. The number of rotatable bonds is 5. The Morgan fingerprint density at radius 2 is 1.83 bits per heavy atom. The summed E-state index contributed by atoms with van der Waals surface area (Å²) in [5.74, 6) is -1.02. The van der Waals surface area contributed by atoms with E-state index in [1.54, 1.807) is 16.8 Å². The molecule has 1 amide bonds. The van der Waals surface area contributed by atoms with Gasteiger partial charge >= 0.3 is 6.18 Å². The molecule has 0 saturated heterocycles. The number of carbonyl (C=O) groups excluding carboxylic acids is 1. The highest BCUT2D eigenvalue weighted by Gasteiger charge is 2.28. The second kappa shape index (κ2) is 6.59. The highest BCUT2D eigenvalue weighted by Crippen LogP contribution is 2.23. The van der Waals surface area contributed by atoms with E-state index < -0.39 is 28.7 Å². The van der Waals surface area contributed by atoms with Crippen LogP contribution in [-0.2, 0) is 10.0 Å². The number of alkyl halides is 3. The smallest absolute Gasteiger partial charge is 0.343 e. The summed E-state index contributed by atoms with van der Waals surface area (Å²) in [7, 11) is -3.90. The number of anilines is 1. The maximum atomic E-state index is 12.2. The Labute approximate surface area is 134 Å². The molecule has 23 heavy (non-hydrogen) atoms. The number of para-hydroxylation sites is 1. The fourth-order valence-corrected chi connectivity index (χ4v) is 3.73. The number of carbonyl (C=O) groups is 1. The van der Waals surface area contributed by atoms with Gasteiger partial charge in [-0.1, -0.05) is 18.2 Å². The average molecular weight is 364 g/mol. The number of thiophene rings is 1. The molecule has 2 rings (SSSR count). The summed E-state index contributed by atoms with van der Waals surface area (Å²) < 4.78 is 63.0. The van der Waals surface area contributed by atoms with Gasteiger partial charge in [-0.3, -0.25) is 9.52 Å². The number of benzene rings is 1. The lowest BCUT2D eigenvalue weighted by atomic mass is 10.1. The molecule has 2 aromatic rings. The second-order valence-corrected chi connectivity index (χ2v) is 7.24. The van der Waals surface area contributed by atoms with Gasteiger partial charge in [-0.15, -0.1) is 11.3 Å². The first-order valence-corrected chi connectivity index (χ1v) is 8.56. The molecular weight excluding hydrogens is 353 g/mol. The van der Waals surface area contributed by atoms with Crippen molar-refractivity contribution >= 4 is 33.0 Å². The third-order valence-corrected chi connectivity index (χ3v) is 5.39. The van der Waals surface area contributed by atoms with Crippen molar-refractivity contribution in [1.82, 2.24) is 5.32 Å². The fraction of sp³-hybridized carbons (Fsp3) is 0.154. The van der Waals surface area contributed by atoms with Crippen molar-refractivity contribution in [3.8, 4) is 0 Å². The predicted molar refractivity (Wildman–Crippen MR) is 80.0 cm³/mol. The third-order valence-electron chi connectivity index (χ3n) is 2.63. The van der Waals surface area contributed by atoms with E-state index in [4.69, 9.17) is 0 Å². The molecule has 0 bridgehead atoms. The lowest BCUT2D eigenvalue weighted by molar-refractivity contribution is -0.123. The van der Waals surface area contributed by atoms with Gasteiger partial charge in [-0.05, 0) is 23.6 Å². The summed E-state index contributed by atoms with van der Waals surface area (Å²) in [6.45, 7) is -1.50. The minimum Gasteiger partial charge on any atom is -0.343 e. The Morgan fingerprint density at radius 3 is 2.43 bits per heavy atom. The molecule has 1 heterocycles. The van der Waals surface area contributed by atoms with Crippen molar-refractivity contribution in [2.45, 2.75) is 10.4 Å². The zero-order valence-corrected chi connectivity index (χ0v) is 13.1. The Morgan fingerprint density at radius 1 is 1.13 bits per heavy atom. The predicted octanol–water partition coefficient (Wildman–Crippen LogP) is 2.84. The molecule has 10 heteroatoms. The van der Waals surface area contributed by atoms with E-state index in [9.17, 15) is 26.4 Å². The molecule has 0 saturated carbocycles. The minimum atomic E-state index is -4.55. The quantitative estimate of drug-likeness (QED) is 0.857. The van der Waals surface area contributed by atoms with Crippen LogP contribution in [0, 0.1) is 0 Å². The largest absolute Gasteiger partial charge is 0.405 e. The standard InChI is InChI=1S/C13H11F3N2O3S2/c14-13(15,16)8-17-12(19)9-4-1-2-5-10(9)18-23(20,21)11-6-3-7-22-11/h1-7,18H,8H2,(H,17,19). The molecule has 0 aliphatic rings. The molecule has 0 aliphatic carbocycles. The van der Waals surface area contributed by atoms with Crippen LogP contribution in [0.15, 0.2) is 46.0 Å². The van der Waals surface area contributed by atoms with E-state index in [2.05, 4.69) is 4.72 Å². The summed E-state index contributed by atoms with van der Waals surface area (Å²) in [4.78, 5) is 11.8. The van der Waals surface area contributed by atoms with Crippen LogP contribution in [0.2, 0.25) is 0 Å². The van der Waals surface area contributed by atoms with Crippen molar-refractivity contribution in [3.05, 3.63) is 47.3 Å². The van der Waals surface area contributed by atoms with Gasteiger partial charge in [0.1, 0.15) is 10.8 Å². The van der Waals surface area contributed by atoms with Gasteiger partial charge in [0.05, 0.1) is 11.3 Å². The van der Waals surface area contributed by atoms with E-state index in [1.807, 2.05) is 0 Å². The first-order valence-electron chi connectivity index (χ1n) is 6.19. The molecule has 0 spiro atoms. The van der Waals surface area contributed by atoms with E-state index >= 15 is 0 Å². The molecular formula is C13H11F3N2O3S2. The summed E-state index contributed by atoms with van der Waals surface area (Å²) in [6, 6.07) is 8.34. The number of amides is 1. The van der Waals surface area contributed by atoms with Crippen molar-refractivity contribution in [2.75, 3.05) is 11.3 Å². The van der Waals surface area contributed by atoms with Crippen molar-refractivity contribution in [3.63, 3.8) is 0 Å². The monoisotopic (exact) mass is 364 g/mol. The van der Waals surface area contributed by atoms with Crippen LogP contribution in [0.4, 0.5) is 18.9 Å². The number of sulfonamides is 1. The Balaban J connectivity index is 2.23. The molecule has 124 valence electrons. The summed E-state index contributed by atoms with van der Waals surface area (Å²) >= 11 is 0.977. The summed E-state index contributed by atoms with van der Waals surface area (Å²) in [6.07, 6.45) is -4.55. The van der Waals surface area contributed by atoms with Gasteiger partial charge in [0.2, 0.25) is 0 Å². The number of hydrogen-bond donors (Lipinski definition) is 2. The van der Waals surface area contributed by atoms with Crippen molar-refractivity contribution in [2.24, 2.45) is 0 Å². The first-order chi connectivity index (χ1) is 10.7. The van der Waals surface area contributed by atoms with Crippen LogP contribution in [0.5, 0.6) is 0 Å². The Kier molecular flexibility index (Phi) is 4.95. The van der Waals surface area contributed by atoms with Crippen molar-refractivity contribution in [1.29, 1.82) is 0 Å². The summed E-state index contributed by atoms with van der Waals surface area (Å²) in [5.41, 5.74) is -0.294. The zero-order valence-electron chi connectivity index (χ0n) is 11.4. The molecule has 0 unspecified atom stereocenters. The van der Waals surface area contributed by atoms with Crippen LogP contribution in [0.1, 0.15) is 10.4 Å². The van der Waals surface area contributed by atoms with Gasteiger partial charge < -0.3 is 5.32 Å². The van der Waals surface area contributed by atoms with Crippen LogP contribution in [0.25, 0.3) is 0 Å². The fourth-order valence-electron chi connectivity index (χ4n) is 1.66. The van der Waals surface area contributed by atoms with Crippen LogP contribution in [-0.4, -0.2) is 27.0 Å². The van der Waals surface area contributed by atoms with Gasteiger partial charge in [0.25, 0.3) is 15.9 Å². The third kappa shape index (κ3) is 4.70. The average Bonchev–Trinajstić information content (AvgIpc) is 2.99. The number of halogens is 3. The van der Waals surface area contributed by atoms with E-state index in [-0.39, 0.29) is 15.5 Å². The van der Waals surface area contributed by atoms with Gasteiger partial charge in [0.15, 0.2) is 0 Å². The molecule has 1 aromatic heterocycles. The highest BCUT2D eigenvalue weighted by atomic mass is 32.2. The Hall–Kier alpha value is -2.07. The highest BCUT2D eigenvalue weighted by molar-refractivity contribution is 7.94. The molecule has 1 aromatic carbocycles. The van der Waals surface area contributed by atoms with Gasteiger partial charge in [-0.2, -0.15) is 13.2 Å². The maximum absolute atomic E-state index is 12.2. The molecule has 0 radical (unpaired) electrons. The molecule has 5 nitrogen and oxygen atoms in total. The molecule has 0 fully saturated rings. The van der Waals surface area contributed by atoms with E-state index in [0.717, 1.165) is 11.3 Å². The van der Waals surface area contributed by atoms with Crippen LogP contribution >= 0.6 is 11.3 Å². The maximum Gasteiger partial charge on any atom is 0.405 e. The molecule has 2 N–H and O–H groups in total. The molecule has 0 aliphatic heterocycles. The molecule has 0 atom stereocenters. The van der Waals surface area contributed by atoms with Crippen LogP contribution in [0.3, 0.4) is 0 Å². The Bertz CT molecular complexity index is 787. The SMILES string of the molecule is O=C(NCC(F)(F)F)c1ccccc1NS(=O)(=O)c1cccs1. The van der Waals surface area contributed by atoms with Crippen LogP contribution < -0.4 is 10.0 Å². The van der Waals surface area contributed by atoms with E-state index in [0.29, 0.717) is 0 Å². The van der Waals surface area contributed by atoms with Gasteiger partial charge in [0, 0.05) is 0 Å². The lowest BCUT2D eigenvalue weighted by Crippen LogP contribution is -2.34. The number of nitrogens with one attached hydrogen (secondary N) is 2. The normalized spacial score (nSPS) is 12.0. The number of hydrogen-bond acceptors (Lipinski definition) is 4. The summed E-state index contributed by atoms with van der Waals surface area (Å²) in [5, 5.41) is 3.27. The zero-order chi connectivity index (χ0) is 17.1. The van der Waals surface area contributed by atoms with E-state index in [1.165, 1.54) is 30.3 Å². The first kappa shape index (κ1) is 17.3. The lowest BCUT2D eigenvalue weighted by Gasteiger charge is -2.13. The van der Waals surface area contributed by atoms with Gasteiger partial charge in [-0.25, -0.2) is 8.42 Å². The topological polar surface area (TPSA) is 75.3 Å². The van der Waals surface area contributed by atoms with Crippen molar-refractivity contribution < 1.29 is 26.4 Å².